The number of fused-ring (bicyclic) bond motifs is 3. The highest BCUT2D eigenvalue weighted by atomic mass is 14.9. The van der Waals surface area contributed by atoms with Crippen molar-refractivity contribution in [2.45, 2.75) is 52.0 Å². The smallest absolute Gasteiger partial charge is 0.0331 e. The summed E-state index contributed by atoms with van der Waals surface area (Å²) < 4.78 is 0. The van der Waals surface area contributed by atoms with Gasteiger partial charge in [0.05, 0.1) is 0 Å². The van der Waals surface area contributed by atoms with Crippen LogP contribution in [0.2, 0.25) is 0 Å². The monoisotopic (exact) mass is 267 g/mol. The average Bonchev–Trinajstić information content (AvgIpc) is 2.68. The first-order valence-electron chi connectivity index (χ1n) is 7.80. The van der Waals surface area contributed by atoms with Crippen LogP contribution in [0, 0.1) is 6.92 Å². The first-order chi connectivity index (χ1) is 9.54. The fraction of sp³-hybridized carbons (Fsp3) is 0.474. The lowest BCUT2D eigenvalue weighted by Crippen LogP contribution is -2.22. The van der Waals surface area contributed by atoms with E-state index in [1.165, 1.54) is 34.7 Å². The van der Waals surface area contributed by atoms with Crippen molar-refractivity contribution in [1.29, 1.82) is 0 Å². The third kappa shape index (κ3) is 2.05. The van der Waals surface area contributed by atoms with Crippen LogP contribution in [0.1, 0.15) is 56.3 Å². The highest BCUT2D eigenvalue weighted by molar-refractivity contribution is 5.91. The molecule has 1 atom stereocenters. The summed E-state index contributed by atoms with van der Waals surface area (Å²) in [6, 6.07) is 11.8. The maximum Gasteiger partial charge on any atom is 0.0331 e. The van der Waals surface area contributed by atoms with Gasteiger partial charge >= 0.3 is 0 Å². The normalized spacial score (nSPS) is 20.3. The van der Waals surface area contributed by atoms with E-state index in [-0.39, 0.29) is 5.41 Å². The SMILES string of the molecule is CCCNC1CC(C)(C)c2c1cc(C)c1ccccc21. The molecule has 1 N–H and O–H groups in total. The molecular weight excluding hydrogens is 242 g/mol. The summed E-state index contributed by atoms with van der Waals surface area (Å²) in [5, 5.41) is 6.60. The Morgan fingerprint density at radius 2 is 1.90 bits per heavy atom. The highest BCUT2D eigenvalue weighted by Crippen LogP contribution is 2.48. The minimum absolute atomic E-state index is 0.258. The molecule has 1 nitrogen and oxygen atoms in total. The van der Waals surface area contributed by atoms with Crippen molar-refractivity contribution < 1.29 is 0 Å². The van der Waals surface area contributed by atoms with Gasteiger partial charge < -0.3 is 5.32 Å². The molecule has 0 amide bonds. The van der Waals surface area contributed by atoms with Crippen molar-refractivity contribution in [3.63, 3.8) is 0 Å². The Morgan fingerprint density at radius 3 is 2.60 bits per heavy atom. The highest BCUT2D eigenvalue weighted by Gasteiger charge is 2.38. The lowest BCUT2D eigenvalue weighted by atomic mass is 9.83. The Kier molecular flexibility index (Phi) is 3.33. The lowest BCUT2D eigenvalue weighted by Gasteiger charge is -2.21. The van der Waals surface area contributed by atoms with E-state index < -0.39 is 0 Å². The first-order valence-corrected chi connectivity index (χ1v) is 7.80. The Labute approximate surface area is 122 Å². The molecule has 0 radical (unpaired) electrons. The van der Waals surface area contributed by atoms with Crippen molar-refractivity contribution in [2.24, 2.45) is 0 Å². The number of benzene rings is 2. The Morgan fingerprint density at radius 1 is 1.20 bits per heavy atom. The number of nitrogens with one attached hydrogen (secondary N) is 1. The zero-order valence-electron chi connectivity index (χ0n) is 13.1. The predicted octanol–water partition coefficient (Wildman–Crippen LogP) is 4.87. The molecule has 0 heterocycles. The van der Waals surface area contributed by atoms with E-state index in [0.29, 0.717) is 6.04 Å². The summed E-state index contributed by atoms with van der Waals surface area (Å²) >= 11 is 0. The molecule has 1 heteroatoms. The van der Waals surface area contributed by atoms with Gasteiger partial charge in [-0.05, 0) is 59.2 Å². The molecule has 2 aromatic carbocycles. The van der Waals surface area contributed by atoms with Gasteiger partial charge in [0.25, 0.3) is 0 Å². The summed E-state index contributed by atoms with van der Waals surface area (Å²) in [6.07, 6.45) is 2.40. The maximum atomic E-state index is 3.74. The van der Waals surface area contributed by atoms with E-state index in [9.17, 15) is 0 Å². The molecule has 20 heavy (non-hydrogen) atoms. The third-order valence-corrected chi connectivity index (χ3v) is 4.69. The third-order valence-electron chi connectivity index (χ3n) is 4.69. The van der Waals surface area contributed by atoms with Gasteiger partial charge in [-0.2, -0.15) is 0 Å². The molecule has 0 fully saturated rings. The number of rotatable bonds is 3. The van der Waals surface area contributed by atoms with Gasteiger partial charge in [0.1, 0.15) is 0 Å². The van der Waals surface area contributed by atoms with Crippen LogP contribution in [0.25, 0.3) is 10.8 Å². The van der Waals surface area contributed by atoms with Crippen LogP contribution < -0.4 is 5.32 Å². The number of hydrogen-bond donors (Lipinski definition) is 1. The number of hydrogen-bond acceptors (Lipinski definition) is 1. The summed E-state index contributed by atoms with van der Waals surface area (Å²) in [5.74, 6) is 0. The van der Waals surface area contributed by atoms with Crippen molar-refractivity contribution in [3.8, 4) is 0 Å². The second kappa shape index (κ2) is 4.89. The lowest BCUT2D eigenvalue weighted by molar-refractivity contribution is 0.428. The van der Waals surface area contributed by atoms with Gasteiger partial charge in [0, 0.05) is 6.04 Å². The summed E-state index contributed by atoms with van der Waals surface area (Å²) in [6.45, 7) is 10.4. The molecule has 0 saturated heterocycles. The van der Waals surface area contributed by atoms with Crippen molar-refractivity contribution in [3.05, 3.63) is 47.0 Å². The van der Waals surface area contributed by atoms with Gasteiger partial charge in [-0.25, -0.2) is 0 Å². The second-order valence-corrected chi connectivity index (χ2v) is 6.80. The van der Waals surface area contributed by atoms with E-state index >= 15 is 0 Å². The topological polar surface area (TPSA) is 12.0 Å². The van der Waals surface area contributed by atoms with Crippen molar-refractivity contribution in [2.75, 3.05) is 6.54 Å². The first kappa shape index (κ1) is 13.6. The van der Waals surface area contributed by atoms with Gasteiger partial charge in [0.15, 0.2) is 0 Å². The van der Waals surface area contributed by atoms with Crippen LogP contribution in [-0.4, -0.2) is 6.54 Å². The zero-order valence-corrected chi connectivity index (χ0v) is 13.1. The quantitative estimate of drug-likeness (QED) is 0.836. The summed E-state index contributed by atoms with van der Waals surface area (Å²) in [5.41, 5.74) is 4.75. The van der Waals surface area contributed by atoms with Crippen molar-refractivity contribution in [1.82, 2.24) is 5.32 Å². The fourth-order valence-corrected chi connectivity index (χ4v) is 3.84. The molecule has 0 aromatic heterocycles. The minimum Gasteiger partial charge on any atom is -0.310 e. The molecular formula is C19H25N. The van der Waals surface area contributed by atoms with E-state index in [1.54, 1.807) is 5.56 Å². The average molecular weight is 267 g/mol. The summed E-state index contributed by atoms with van der Waals surface area (Å²) in [4.78, 5) is 0. The molecule has 106 valence electrons. The van der Waals surface area contributed by atoms with Gasteiger partial charge in [0.2, 0.25) is 0 Å². The predicted molar refractivity (Wildman–Crippen MR) is 87.4 cm³/mol. The molecule has 0 saturated carbocycles. The standard InChI is InChI=1S/C19H25N/c1-5-10-20-17-12-19(3,4)18-15-9-7-6-8-14(15)13(2)11-16(17)18/h6-9,11,17,20H,5,10,12H2,1-4H3. The van der Waals surface area contributed by atoms with Gasteiger partial charge in [-0.3, -0.25) is 0 Å². The largest absolute Gasteiger partial charge is 0.310 e. The number of aryl methyl sites for hydroxylation is 1. The molecule has 3 rings (SSSR count). The van der Waals surface area contributed by atoms with E-state index in [1.807, 2.05) is 0 Å². The van der Waals surface area contributed by atoms with Crippen LogP contribution >= 0.6 is 0 Å². The minimum atomic E-state index is 0.258. The molecule has 1 unspecified atom stereocenters. The van der Waals surface area contributed by atoms with Crippen molar-refractivity contribution >= 4 is 10.8 Å². The zero-order chi connectivity index (χ0) is 14.3. The molecule has 1 aliphatic rings. The summed E-state index contributed by atoms with van der Waals surface area (Å²) in [7, 11) is 0. The Hall–Kier alpha value is -1.34. The Bertz CT molecular complexity index is 640. The van der Waals surface area contributed by atoms with E-state index in [0.717, 1.165) is 6.54 Å². The van der Waals surface area contributed by atoms with Gasteiger partial charge in [-0.1, -0.05) is 51.1 Å². The molecule has 0 aliphatic heterocycles. The van der Waals surface area contributed by atoms with Crippen LogP contribution in [0.3, 0.4) is 0 Å². The molecule has 0 bridgehead atoms. The van der Waals surface area contributed by atoms with Crippen LogP contribution in [0.4, 0.5) is 0 Å². The molecule has 1 aliphatic carbocycles. The maximum absolute atomic E-state index is 3.74. The van der Waals surface area contributed by atoms with Crippen LogP contribution in [0.5, 0.6) is 0 Å². The van der Waals surface area contributed by atoms with Gasteiger partial charge in [-0.15, -0.1) is 0 Å². The fourth-order valence-electron chi connectivity index (χ4n) is 3.84. The molecule has 0 spiro atoms. The Balaban J connectivity index is 2.21. The molecule has 2 aromatic rings. The van der Waals surface area contributed by atoms with E-state index in [4.69, 9.17) is 0 Å². The van der Waals surface area contributed by atoms with Crippen LogP contribution in [-0.2, 0) is 5.41 Å². The van der Waals surface area contributed by atoms with Crippen LogP contribution in [0.15, 0.2) is 30.3 Å². The second-order valence-electron chi connectivity index (χ2n) is 6.80. The van der Waals surface area contributed by atoms with E-state index in [2.05, 4.69) is 63.3 Å².